The summed E-state index contributed by atoms with van der Waals surface area (Å²) in [7, 11) is 0. The van der Waals surface area contributed by atoms with Gasteiger partial charge in [-0.25, -0.2) is 4.79 Å². The van der Waals surface area contributed by atoms with Crippen molar-refractivity contribution in [2.45, 2.75) is 26.4 Å². The van der Waals surface area contributed by atoms with E-state index in [1.807, 2.05) is 6.92 Å². The third-order valence-electron chi connectivity index (χ3n) is 2.62. The van der Waals surface area contributed by atoms with Crippen LogP contribution in [0.4, 0.5) is 0 Å². The van der Waals surface area contributed by atoms with Gasteiger partial charge in [-0.1, -0.05) is 24.2 Å². The second kappa shape index (κ2) is 7.23. The van der Waals surface area contributed by atoms with Crippen molar-refractivity contribution < 1.29 is 19.2 Å². The summed E-state index contributed by atoms with van der Waals surface area (Å²) in [5, 5.41) is 12.4. The van der Waals surface area contributed by atoms with E-state index in [9.17, 15) is 4.79 Å². The Morgan fingerprint density at radius 2 is 2.33 bits per heavy atom. The maximum Gasteiger partial charge on any atom is 0.328 e. The first kappa shape index (κ1) is 14.8. The van der Waals surface area contributed by atoms with Crippen LogP contribution in [0.5, 0.6) is 5.75 Å². The zero-order valence-corrected chi connectivity index (χ0v) is 11.7. The van der Waals surface area contributed by atoms with E-state index >= 15 is 0 Å². The molecule has 1 aromatic heterocycles. The lowest BCUT2D eigenvalue weighted by Gasteiger charge is -2.03. The second-order valence-electron chi connectivity index (χ2n) is 4.39. The summed E-state index contributed by atoms with van der Waals surface area (Å²) < 4.78 is 10.6. The maximum atomic E-state index is 10.5. The van der Waals surface area contributed by atoms with E-state index in [1.165, 1.54) is 6.08 Å². The van der Waals surface area contributed by atoms with Gasteiger partial charge in [0, 0.05) is 12.5 Å². The van der Waals surface area contributed by atoms with Crippen molar-refractivity contribution in [3.05, 3.63) is 47.6 Å². The van der Waals surface area contributed by atoms with Gasteiger partial charge in [-0.3, -0.25) is 0 Å². The summed E-state index contributed by atoms with van der Waals surface area (Å²) >= 11 is 0. The highest BCUT2D eigenvalue weighted by Gasteiger charge is 2.06. The highest BCUT2D eigenvalue weighted by atomic mass is 16.5. The van der Waals surface area contributed by atoms with Crippen LogP contribution in [0.1, 0.15) is 30.6 Å². The minimum atomic E-state index is -0.989. The molecule has 110 valence electrons. The third-order valence-corrected chi connectivity index (χ3v) is 2.62. The zero-order chi connectivity index (χ0) is 15.1. The summed E-state index contributed by atoms with van der Waals surface area (Å²) in [6.07, 6.45) is 4.28. The Hall–Kier alpha value is -2.63. The molecule has 1 heterocycles. The first-order chi connectivity index (χ1) is 10.2. The van der Waals surface area contributed by atoms with Crippen LogP contribution < -0.4 is 4.74 Å². The van der Waals surface area contributed by atoms with E-state index in [0.717, 1.165) is 24.5 Å². The molecule has 21 heavy (non-hydrogen) atoms. The largest absolute Gasteiger partial charge is 0.485 e. The number of aryl methyl sites for hydroxylation is 1. The minimum Gasteiger partial charge on any atom is -0.485 e. The molecule has 0 aliphatic rings. The number of carboxylic acids is 1. The Balaban J connectivity index is 1.96. The van der Waals surface area contributed by atoms with E-state index in [0.29, 0.717) is 17.5 Å². The molecule has 0 aliphatic heterocycles. The van der Waals surface area contributed by atoms with Crippen LogP contribution in [-0.2, 0) is 17.8 Å². The molecule has 1 N–H and O–H groups in total. The van der Waals surface area contributed by atoms with E-state index in [1.54, 1.807) is 24.3 Å². The summed E-state index contributed by atoms with van der Waals surface area (Å²) in [6.45, 7) is 2.25. The van der Waals surface area contributed by atoms with E-state index in [-0.39, 0.29) is 6.61 Å². The standard InChI is InChI=1S/C15H16N2O4/c1-2-4-14-16-13(17-21-14)10-20-12-6-3-5-11(9-12)7-8-15(18)19/h3,5-9H,2,4,10H2,1H3,(H,18,19). The molecule has 0 spiro atoms. The second-order valence-corrected chi connectivity index (χ2v) is 4.39. The molecule has 0 saturated heterocycles. The van der Waals surface area contributed by atoms with Crippen molar-refractivity contribution in [3.63, 3.8) is 0 Å². The average Bonchev–Trinajstić information content (AvgIpc) is 2.92. The van der Waals surface area contributed by atoms with Gasteiger partial charge in [0.2, 0.25) is 11.7 Å². The topological polar surface area (TPSA) is 85.5 Å². The van der Waals surface area contributed by atoms with Crippen LogP contribution in [0, 0.1) is 0 Å². The Labute approximate surface area is 122 Å². The van der Waals surface area contributed by atoms with Gasteiger partial charge in [-0.2, -0.15) is 4.98 Å². The van der Waals surface area contributed by atoms with Crippen LogP contribution in [0.15, 0.2) is 34.9 Å². The maximum absolute atomic E-state index is 10.5. The summed E-state index contributed by atoms with van der Waals surface area (Å²) in [4.78, 5) is 14.7. The quantitative estimate of drug-likeness (QED) is 0.788. The van der Waals surface area contributed by atoms with Gasteiger partial charge in [0.15, 0.2) is 6.61 Å². The van der Waals surface area contributed by atoms with Gasteiger partial charge in [-0.05, 0) is 30.2 Å². The van der Waals surface area contributed by atoms with Gasteiger partial charge in [0.05, 0.1) is 0 Å². The molecule has 2 aromatic rings. The fraction of sp³-hybridized carbons (Fsp3) is 0.267. The zero-order valence-electron chi connectivity index (χ0n) is 11.7. The third kappa shape index (κ3) is 4.76. The monoisotopic (exact) mass is 288 g/mol. The lowest BCUT2D eigenvalue weighted by atomic mass is 10.2. The Kier molecular flexibility index (Phi) is 5.09. The van der Waals surface area contributed by atoms with Crippen molar-refractivity contribution in [1.29, 1.82) is 0 Å². The fourth-order valence-electron chi connectivity index (χ4n) is 1.69. The van der Waals surface area contributed by atoms with Crippen LogP contribution >= 0.6 is 0 Å². The molecule has 0 atom stereocenters. The Morgan fingerprint density at radius 3 is 3.10 bits per heavy atom. The van der Waals surface area contributed by atoms with Crippen molar-refractivity contribution >= 4 is 12.0 Å². The molecule has 6 nitrogen and oxygen atoms in total. The first-order valence-corrected chi connectivity index (χ1v) is 6.62. The molecule has 1 aromatic carbocycles. The van der Waals surface area contributed by atoms with Crippen LogP contribution in [0.25, 0.3) is 6.08 Å². The van der Waals surface area contributed by atoms with Gasteiger partial charge in [0.1, 0.15) is 5.75 Å². The van der Waals surface area contributed by atoms with Gasteiger partial charge < -0.3 is 14.4 Å². The molecular formula is C15H16N2O4. The molecule has 0 bridgehead atoms. The number of benzene rings is 1. The van der Waals surface area contributed by atoms with Gasteiger partial charge >= 0.3 is 5.97 Å². The predicted molar refractivity (Wildman–Crippen MR) is 75.7 cm³/mol. The lowest BCUT2D eigenvalue weighted by molar-refractivity contribution is -0.131. The van der Waals surface area contributed by atoms with E-state index < -0.39 is 5.97 Å². The van der Waals surface area contributed by atoms with Crippen molar-refractivity contribution in [1.82, 2.24) is 10.1 Å². The average molecular weight is 288 g/mol. The van der Waals surface area contributed by atoms with Crippen LogP contribution in [-0.4, -0.2) is 21.2 Å². The highest BCUT2D eigenvalue weighted by Crippen LogP contribution is 2.15. The molecular weight excluding hydrogens is 272 g/mol. The van der Waals surface area contributed by atoms with E-state index in [4.69, 9.17) is 14.4 Å². The summed E-state index contributed by atoms with van der Waals surface area (Å²) in [6, 6.07) is 7.10. The lowest BCUT2D eigenvalue weighted by Crippen LogP contribution is -1.98. The Morgan fingerprint density at radius 1 is 1.48 bits per heavy atom. The highest BCUT2D eigenvalue weighted by molar-refractivity contribution is 5.85. The van der Waals surface area contributed by atoms with Crippen LogP contribution in [0.3, 0.4) is 0 Å². The van der Waals surface area contributed by atoms with E-state index in [2.05, 4.69) is 10.1 Å². The molecule has 0 saturated carbocycles. The number of hydrogen-bond donors (Lipinski definition) is 1. The summed E-state index contributed by atoms with van der Waals surface area (Å²) in [5.41, 5.74) is 0.745. The van der Waals surface area contributed by atoms with Crippen molar-refractivity contribution in [3.8, 4) is 5.75 Å². The molecule has 0 fully saturated rings. The van der Waals surface area contributed by atoms with Gasteiger partial charge in [-0.15, -0.1) is 0 Å². The number of carbonyl (C=O) groups is 1. The Bertz CT molecular complexity index is 634. The molecule has 2 rings (SSSR count). The number of aliphatic carboxylic acids is 1. The molecule has 6 heteroatoms. The smallest absolute Gasteiger partial charge is 0.328 e. The van der Waals surface area contributed by atoms with Crippen molar-refractivity contribution in [2.24, 2.45) is 0 Å². The van der Waals surface area contributed by atoms with Crippen molar-refractivity contribution in [2.75, 3.05) is 0 Å². The summed E-state index contributed by atoms with van der Waals surface area (Å²) in [5.74, 6) is 0.722. The molecule has 0 amide bonds. The number of aromatic nitrogens is 2. The number of ether oxygens (including phenoxy) is 1. The SMILES string of the molecule is CCCc1nc(COc2cccc(C=CC(=O)O)c2)no1. The molecule has 0 unspecified atom stereocenters. The minimum absolute atomic E-state index is 0.208. The molecule has 0 aliphatic carbocycles. The number of rotatable bonds is 7. The predicted octanol–water partition coefficient (Wildman–Crippen LogP) is 2.70. The molecule has 0 radical (unpaired) electrons. The number of nitrogens with zero attached hydrogens (tertiary/aromatic N) is 2. The fourth-order valence-corrected chi connectivity index (χ4v) is 1.69. The number of hydrogen-bond acceptors (Lipinski definition) is 5. The normalized spacial score (nSPS) is 10.9. The van der Waals surface area contributed by atoms with Crippen LogP contribution in [0.2, 0.25) is 0 Å². The van der Waals surface area contributed by atoms with Gasteiger partial charge in [0.25, 0.3) is 0 Å². The number of carboxylic acid groups (broad SMARTS) is 1. The first-order valence-electron chi connectivity index (χ1n) is 6.62.